The van der Waals surface area contributed by atoms with E-state index in [0.29, 0.717) is 0 Å². The van der Waals surface area contributed by atoms with Crippen molar-refractivity contribution in [3.05, 3.63) is 28.4 Å². The molecule has 17 heavy (non-hydrogen) atoms. The van der Waals surface area contributed by atoms with Crippen LogP contribution in [0, 0.1) is 10.1 Å². The number of rotatable bonds is 5. The summed E-state index contributed by atoms with van der Waals surface area (Å²) in [7, 11) is 0. The quantitative estimate of drug-likeness (QED) is 0.495. The molecule has 8 heteroatoms. The summed E-state index contributed by atoms with van der Waals surface area (Å²) in [5.41, 5.74) is -0.154. The van der Waals surface area contributed by atoms with Gasteiger partial charge in [0, 0.05) is 25.2 Å². The molecule has 1 heterocycles. The molecule has 5 nitrogen and oxygen atoms in total. The number of halogens is 3. The Morgan fingerprint density at radius 1 is 1.47 bits per heavy atom. The Balaban J connectivity index is 2.42. The molecule has 1 aromatic heterocycles. The van der Waals surface area contributed by atoms with E-state index in [2.05, 4.69) is 10.3 Å². The molecule has 1 N–H and O–H groups in total. The van der Waals surface area contributed by atoms with Crippen molar-refractivity contribution in [1.29, 1.82) is 0 Å². The number of hydrogen-bond acceptors (Lipinski definition) is 4. The fraction of sp³-hybridized carbons (Fsp3) is 0.444. The molecule has 1 aromatic rings. The Bertz CT molecular complexity index is 395. The normalized spacial score (nSPS) is 11.2. The van der Waals surface area contributed by atoms with Crippen molar-refractivity contribution in [2.24, 2.45) is 0 Å². The molecule has 0 atom stereocenters. The highest BCUT2D eigenvalue weighted by Crippen LogP contribution is 2.21. The molecule has 0 spiro atoms. The monoisotopic (exact) mass is 249 g/mol. The van der Waals surface area contributed by atoms with Crippen molar-refractivity contribution in [3.63, 3.8) is 0 Å². The zero-order valence-electron chi connectivity index (χ0n) is 8.70. The standard InChI is InChI=1S/C9H10F3N3O2/c10-9(11,12)3-1-4-13-8-6-7(15(16)17)2-5-14-8/h2,5-6H,1,3-4H2,(H,13,14). The van der Waals surface area contributed by atoms with Crippen LogP contribution in [0.4, 0.5) is 24.7 Å². The van der Waals surface area contributed by atoms with Gasteiger partial charge in [0.05, 0.1) is 11.0 Å². The first-order valence-corrected chi connectivity index (χ1v) is 4.79. The van der Waals surface area contributed by atoms with Gasteiger partial charge in [-0.2, -0.15) is 13.2 Å². The van der Waals surface area contributed by atoms with E-state index in [1.807, 2.05) is 0 Å². The summed E-state index contributed by atoms with van der Waals surface area (Å²) >= 11 is 0. The van der Waals surface area contributed by atoms with E-state index >= 15 is 0 Å². The van der Waals surface area contributed by atoms with Crippen LogP contribution in [-0.2, 0) is 0 Å². The molecule has 1 rings (SSSR count). The van der Waals surface area contributed by atoms with Gasteiger partial charge < -0.3 is 5.32 Å². The summed E-state index contributed by atoms with van der Waals surface area (Å²) in [6.45, 7) is 0.0632. The minimum atomic E-state index is -4.18. The van der Waals surface area contributed by atoms with Crippen molar-refractivity contribution in [2.45, 2.75) is 19.0 Å². The van der Waals surface area contributed by atoms with Gasteiger partial charge in [-0.3, -0.25) is 10.1 Å². The van der Waals surface area contributed by atoms with Crippen LogP contribution in [0.25, 0.3) is 0 Å². The lowest BCUT2D eigenvalue weighted by molar-refractivity contribution is -0.384. The average molecular weight is 249 g/mol. The maximum Gasteiger partial charge on any atom is 0.389 e. The summed E-state index contributed by atoms with van der Waals surface area (Å²) in [6, 6.07) is 2.38. The van der Waals surface area contributed by atoms with E-state index < -0.39 is 17.5 Å². The molecule has 0 aliphatic carbocycles. The van der Waals surface area contributed by atoms with E-state index in [1.165, 1.54) is 18.3 Å². The Hall–Kier alpha value is -1.86. The maximum absolute atomic E-state index is 11.8. The van der Waals surface area contributed by atoms with Crippen LogP contribution < -0.4 is 5.32 Å². The van der Waals surface area contributed by atoms with Gasteiger partial charge in [-0.1, -0.05) is 0 Å². The molecule has 0 radical (unpaired) electrons. The number of nitro groups is 1. The average Bonchev–Trinajstić information content (AvgIpc) is 2.23. The molecule has 0 aromatic carbocycles. The van der Waals surface area contributed by atoms with Gasteiger partial charge in [-0.15, -0.1) is 0 Å². The van der Waals surface area contributed by atoms with Crippen molar-refractivity contribution in [1.82, 2.24) is 4.98 Å². The molecule has 94 valence electrons. The lowest BCUT2D eigenvalue weighted by atomic mass is 10.3. The molecular weight excluding hydrogens is 239 g/mol. The summed E-state index contributed by atoms with van der Waals surface area (Å²) < 4.78 is 35.5. The second kappa shape index (κ2) is 5.46. The van der Waals surface area contributed by atoms with Gasteiger partial charge in [0.2, 0.25) is 0 Å². The fourth-order valence-corrected chi connectivity index (χ4v) is 1.13. The van der Waals surface area contributed by atoms with Crippen LogP contribution in [0.5, 0.6) is 0 Å². The first-order chi connectivity index (χ1) is 7.88. The highest BCUT2D eigenvalue weighted by atomic mass is 19.4. The van der Waals surface area contributed by atoms with Crippen LogP contribution >= 0.6 is 0 Å². The van der Waals surface area contributed by atoms with Gasteiger partial charge in [-0.05, 0) is 6.42 Å². The first-order valence-electron chi connectivity index (χ1n) is 4.79. The van der Waals surface area contributed by atoms with Crippen LogP contribution in [0.3, 0.4) is 0 Å². The molecule has 0 unspecified atom stereocenters. The van der Waals surface area contributed by atoms with Gasteiger partial charge in [0.15, 0.2) is 0 Å². The Morgan fingerprint density at radius 2 is 2.18 bits per heavy atom. The summed E-state index contributed by atoms with van der Waals surface area (Å²) in [4.78, 5) is 13.6. The number of anilines is 1. The third kappa shape index (κ3) is 5.14. The zero-order valence-corrected chi connectivity index (χ0v) is 8.70. The van der Waals surface area contributed by atoms with Gasteiger partial charge in [-0.25, -0.2) is 4.98 Å². The van der Waals surface area contributed by atoms with E-state index in [9.17, 15) is 23.3 Å². The predicted molar refractivity (Wildman–Crippen MR) is 54.7 cm³/mol. The van der Waals surface area contributed by atoms with E-state index in [4.69, 9.17) is 0 Å². The lowest BCUT2D eigenvalue weighted by Gasteiger charge is -2.07. The second-order valence-electron chi connectivity index (χ2n) is 3.30. The summed E-state index contributed by atoms with van der Waals surface area (Å²) in [6.07, 6.45) is -3.95. The molecule has 0 amide bonds. The SMILES string of the molecule is O=[N+]([O-])c1ccnc(NCCCC(F)(F)F)c1. The third-order valence-electron chi connectivity index (χ3n) is 1.90. The zero-order chi connectivity index (χ0) is 12.9. The molecular formula is C9H10F3N3O2. The molecule has 0 saturated carbocycles. The van der Waals surface area contributed by atoms with Gasteiger partial charge in [0.1, 0.15) is 5.82 Å². The summed E-state index contributed by atoms with van der Waals surface area (Å²) in [5.74, 6) is 0.196. The van der Waals surface area contributed by atoms with Gasteiger partial charge in [0.25, 0.3) is 5.69 Å². The Labute approximate surface area is 94.8 Å². The molecule has 0 saturated heterocycles. The number of pyridine rings is 1. The largest absolute Gasteiger partial charge is 0.389 e. The van der Waals surface area contributed by atoms with Crippen LogP contribution in [0.15, 0.2) is 18.3 Å². The molecule has 0 fully saturated rings. The first kappa shape index (κ1) is 13.2. The minimum absolute atomic E-state index is 0.0632. The third-order valence-corrected chi connectivity index (χ3v) is 1.90. The van der Waals surface area contributed by atoms with E-state index in [0.717, 1.165) is 0 Å². The highest BCUT2D eigenvalue weighted by molar-refractivity contribution is 5.43. The van der Waals surface area contributed by atoms with Crippen molar-refractivity contribution < 1.29 is 18.1 Å². The minimum Gasteiger partial charge on any atom is -0.370 e. The molecule has 0 aliphatic rings. The Morgan fingerprint density at radius 3 is 2.76 bits per heavy atom. The second-order valence-corrected chi connectivity index (χ2v) is 3.30. The number of hydrogen-bond donors (Lipinski definition) is 1. The highest BCUT2D eigenvalue weighted by Gasteiger charge is 2.25. The Kier molecular flexibility index (Phi) is 4.24. The topological polar surface area (TPSA) is 68.1 Å². The summed E-state index contributed by atoms with van der Waals surface area (Å²) in [5, 5.41) is 13.0. The molecule has 0 bridgehead atoms. The van der Waals surface area contributed by atoms with Crippen molar-refractivity contribution >= 4 is 11.5 Å². The van der Waals surface area contributed by atoms with Crippen LogP contribution in [-0.4, -0.2) is 22.6 Å². The van der Waals surface area contributed by atoms with E-state index in [-0.39, 0.29) is 24.5 Å². The molecule has 0 aliphatic heterocycles. The smallest absolute Gasteiger partial charge is 0.370 e. The van der Waals surface area contributed by atoms with Crippen molar-refractivity contribution in [3.8, 4) is 0 Å². The lowest BCUT2D eigenvalue weighted by Crippen LogP contribution is -2.11. The number of nitrogens with zero attached hydrogens (tertiary/aromatic N) is 2. The maximum atomic E-state index is 11.8. The van der Waals surface area contributed by atoms with Crippen LogP contribution in [0.1, 0.15) is 12.8 Å². The predicted octanol–water partition coefficient (Wildman–Crippen LogP) is 2.74. The number of alkyl halides is 3. The number of nitrogens with one attached hydrogen (secondary N) is 1. The fourth-order valence-electron chi connectivity index (χ4n) is 1.13. The van der Waals surface area contributed by atoms with Crippen molar-refractivity contribution in [2.75, 3.05) is 11.9 Å². The number of aromatic nitrogens is 1. The van der Waals surface area contributed by atoms with Crippen LogP contribution in [0.2, 0.25) is 0 Å². The van der Waals surface area contributed by atoms with Gasteiger partial charge >= 0.3 is 6.18 Å². The van der Waals surface area contributed by atoms with E-state index in [1.54, 1.807) is 0 Å².